The number of amides is 3. The Hall–Kier alpha value is -3.36. The molecule has 3 amide bonds. The monoisotopic (exact) mass is 483 g/mol. The molecule has 9 heteroatoms. The first-order chi connectivity index (χ1) is 16.9. The number of nitrogens with zero attached hydrogens (tertiary/aromatic N) is 2. The molecule has 1 fully saturated rings. The largest absolute Gasteiger partial charge is 0.450 e. The molecule has 1 aromatic rings. The van der Waals surface area contributed by atoms with Crippen molar-refractivity contribution in [2.45, 2.75) is 70.8 Å². The Balaban J connectivity index is 1.55. The lowest BCUT2D eigenvalue weighted by Crippen LogP contribution is -2.53. The standard InChI is InChI=1S/C26H33N3O6/c1-17(2)23-24(31)29-14-21(12-20(29)16-30)35-26(33)28-13-19-10-7-9-18(22(19)15-28)8-5-3-4-6-11-34-25(32)27-23/h5,7-10,16-17,20-21,23H,3-4,6,11-15H2,1-2H3,(H,27,32)/b8-5+/t20-,21+,23-/m0/s1. The smallest absolute Gasteiger partial charge is 0.410 e. The molecule has 0 spiro atoms. The van der Waals surface area contributed by atoms with E-state index in [1.54, 1.807) is 4.90 Å². The first-order valence-electron chi connectivity index (χ1n) is 12.3. The molecular weight excluding hydrogens is 450 g/mol. The third-order valence-corrected chi connectivity index (χ3v) is 6.79. The SMILES string of the molecule is CC(C)[C@@H]1NC(=O)OCCCC/C=C/c2cccc3c2CN(C3)C(=O)O[C@@H]2C[C@@H](C=O)N(C2)C1=O. The predicted molar refractivity (Wildman–Crippen MR) is 128 cm³/mol. The number of carbonyl (C=O) groups excluding carboxylic acids is 4. The zero-order valence-corrected chi connectivity index (χ0v) is 20.3. The number of cyclic esters (lactones) is 1. The molecule has 1 aromatic carbocycles. The summed E-state index contributed by atoms with van der Waals surface area (Å²) < 4.78 is 11.0. The molecule has 4 rings (SSSR count). The van der Waals surface area contributed by atoms with Crippen molar-refractivity contribution in [3.05, 3.63) is 41.0 Å². The van der Waals surface area contributed by atoms with Crippen LogP contribution in [0.25, 0.3) is 6.08 Å². The van der Waals surface area contributed by atoms with Gasteiger partial charge in [0.2, 0.25) is 5.91 Å². The lowest BCUT2D eigenvalue weighted by molar-refractivity contribution is -0.137. The second-order valence-corrected chi connectivity index (χ2v) is 9.68. The number of fused-ring (bicyclic) bond motifs is 3. The van der Waals surface area contributed by atoms with Crippen LogP contribution in [-0.2, 0) is 32.2 Å². The Labute approximate surface area is 205 Å². The third kappa shape index (κ3) is 5.66. The zero-order valence-electron chi connectivity index (χ0n) is 20.3. The van der Waals surface area contributed by atoms with Crippen LogP contribution in [0, 0.1) is 5.92 Å². The Bertz CT molecular complexity index is 1010. The summed E-state index contributed by atoms with van der Waals surface area (Å²) in [4.78, 5) is 53.4. The fourth-order valence-corrected chi connectivity index (χ4v) is 4.84. The predicted octanol–water partition coefficient (Wildman–Crippen LogP) is 3.26. The average Bonchev–Trinajstić information content (AvgIpc) is 3.45. The molecule has 188 valence electrons. The van der Waals surface area contributed by atoms with E-state index in [1.807, 2.05) is 32.0 Å². The average molecular weight is 484 g/mol. The minimum atomic E-state index is -0.848. The van der Waals surface area contributed by atoms with E-state index in [9.17, 15) is 19.2 Å². The van der Waals surface area contributed by atoms with Gasteiger partial charge < -0.3 is 24.5 Å². The van der Waals surface area contributed by atoms with Gasteiger partial charge in [-0.1, -0.05) is 44.2 Å². The topological polar surface area (TPSA) is 105 Å². The lowest BCUT2D eigenvalue weighted by Gasteiger charge is -2.28. The highest BCUT2D eigenvalue weighted by atomic mass is 16.6. The van der Waals surface area contributed by atoms with Crippen molar-refractivity contribution < 1.29 is 28.7 Å². The van der Waals surface area contributed by atoms with Crippen molar-refractivity contribution in [2.75, 3.05) is 13.2 Å². The van der Waals surface area contributed by atoms with E-state index in [4.69, 9.17) is 9.47 Å². The fraction of sp³-hybridized carbons (Fsp3) is 0.538. The number of rotatable bonds is 2. The van der Waals surface area contributed by atoms with Crippen LogP contribution >= 0.6 is 0 Å². The Kier molecular flexibility index (Phi) is 7.73. The van der Waals surface area contributed by atoms with Gasteiger partial charge in [-0.15, -0.1) is 0 Å². The van der Waals surface area contributed by atoms with Crippen LogP contribution in [0.5, 0.6) is 0 Å². The van der Waals surface area contributed by atoms with E-state index in [1.165, 1.54) is 4.90 Å². The molecule has 3 atom stereocenters. The van der Waals surface area contributed by atoms with Crippen LogP contribution in [0.1, 0.15) is 56.2 Å². The molecule has 3 heterocycles. The maximum absolute atomic E-state index is 13.3. The molecule has 1 saturated heterocycles. The lowest BCUT2D eigenvalue weighted by atomic mass is 10.0. The highest BCUT2D eigenvalue weighted by Gasteiger charge is 2.41. The van der Waals surface area contributed by atoms with Crippen LogP contribution < -0.4 is 5.32 Å². The molecule has 0 unspecified atom stereocenters. The van der Waals surface area contributed by atoms with Gasteiger partial charge in [-0.25, -0.2) is 9.59 Å². The number of nitrogens with one attached hydrogen (secondary N) is 1. The van der Waals surface area contributed by atoms with Crippen LogP contribution in [0.2, 0.25) is 0 Å². The zero-order chi connectivity index (χ0) is 24.9. The van der Waals surface area contributed by atoms with Gasteiger partial charge in [0, 0.05) is 13.0 Å². The molecular formula is C26H33N3O6. The molecule has 0 radical (unpaired) electrons. The Morgan fingerprint density at radius 2 is 1.97 bits per heavy atom. The molecule has 1 N–H and O–H groups in total. The number of benzene rings is 1. The highest BCUT2D eigenvalue weighted by molar-refractivity contribution is 5.88. The fourth-order valence-electron chi connectivity index (χ4n) is 4.84. The second-order valence-electron chi connectivity index (χ2n) is 9.68. The van der Waals surface area contributed by atoms with E-state index in [0.717, 1.165) is 29.5 Å². The van der Waals surface area contributed by atoms with Crippen molar-refractivity contribution in [3.8, 4) is 0 Å². The van der Waals surface area contributed by atoms with Gasteiger partial charge in [0.05, 0.1) is 25.7 Å². The molecule has 3 aliphatic rings. The molecule has 9 nitrogen and oxygen atoms in total. The molecule has 0 aliphatic carbocycles. The minimum Gasteiger partial charge on any atom is -0.450 e. The molecule has 0 saturated carbocycles. The van der Waals surface area contributed by atoms with Gasteiger partial charge in [0.25, 0.3) is 0 Å². The van der Waals surface area contributed by atoms with Crippen molar-refractivity contribution in [3.63, 3.8) is 0 Å². The van der Waals surface area contributed by atoms with Crippen LogP contribution in [0.4, 0.5) is 9.59 Å². The molecule has 3 aliphatic heterocycles. The van der Waals surface area contributed by atoms with Crippen molar-refractivity contribution in [1.82, 2.24) is 15.1 Å². The van der Waals surface area contributed by atoms with E-state index >= 15 is 0 Å². The minimum absolute atomic E-state index is 0.0999. The summed E-state index contributed by atoms with van der Waals surface area (Å²) in [6.07, 6.45) is 5.74. The highest BCUT2D eigenvalue weighted by Crippen LogP contribution is 2.29. The number of ether oxygens (including phenoxy) is 2. The van der Waals surface area contributed by atoms with Crippen LogP contribution in [0.15, 0.2) is 24.3 Å². The number of hydrogen-bond acceptors (Lipinski definition) is 6. The van der Waals surface area contributed by atoms with Gasteiger partial charge in [-0.05, 0) is 41.9 Å². The first kappa shape index (κ1) is 24.8. The number of alkyl carbamates (subject to hydrolysis) is 1. The van der Waals surface area contributed by atoms with Crippen molar-refractivity contribution >= 4 is 30.5 Å². The summed E-state index contributed by atoms with van der Waals surface area (Å²) in [7, 11) is 0. The van der Waals surface area contributed by atoms with E-state index < -0.39 is 30.4 Å². The summed E-state index contributed by atoms with van der Waals surface area (Å²) in [5, 5.41) is 2.65. The third-order valence-electron chi connectivity index (χ3n) is 6.79. The van der Waals surface area contributed by atoms with E-state index in [2.05, 4.69) is 17.5 Å². The van der Waals surface area contributed by atoms with Gasteiger partial charge >= 0.3 is 12.2 Å². The maximum Gasteiger partial charge on any atom is 0.410 e. The summed E-state index contributed by atoms with van der Waals surface area (Å²) in [5.41, 5.74) is 3.26. The normalized spacial score (nSPS) is 26.7. The van der Waals surface area contributed by atoms with Crippen LogP contribution in [0.3, 0.4) is 0 Å². The summed E-state index contributed by atoms with van der Waals surface area (Å²) >= 11 is 0. The number of hydrogen-bond donors (Lipinski definition) is 1. The second kappa shape index (κ2) is 10.9. The summed E-state index contributed by atoms with van der Waals surface area (Å²) in [6.45, 7) is 4.90. The van der Waals surface area contributed by atoms with Gasteiger partial charge in [0.15, 0.2) is 0 Å². The number of aldehydes is 1. The molecule has 0 aromatic heterocycles. The maximum atomic E-state index is 13.3. The molecule has 35 heavy (non-hydrogen) atoms. The Morgan fingerprint density at radius 3 is 2.74 bits per heavy atom. The van der Waals surface area contributed by atoms with Crippen molar-refractivity contribution in [1.29, 1.82) is 0 Å². The van der Waals surface area contributed by atoms with E-state index in [0.29, 0.717) is 25.8 Å². The van der Waals surface area contributed by atoms with Gasteiger partial charge in [-0.2, -0.15) is 0 Å². The number of allylic oxidation sites excluding steroid dienone is 1. The van der Waals surface area contributed by atoms with Crippen LogP contribution in [-0.4, -0.2) is 65.5 Å². The van der Waals surface area contributed by atoms with Crippen molar-refractivity contribution in [2.24, 2.45) is 5.92 Å². The molecule has 4 bridgehead atoms. The van der Waals surface area contributed by atoms with Gasteiger partial charge in [0.1, 0.15) is 18.4 Å². The quantitative estimate of drug-likeness (QED) is 0.648. The summed E-state index contributed by atoms with van der Waals surface area (Å²) in [5.74, 6) is -0.602. The Morgan fingerprint density at radius 1 is 1.14 bits per heavy atom. The van der Waals surface area contributed by atoms with Gasteiger partial charge in [-0.3, -0.25) is 9.69 Å². The summed E-state index contributed by atoms with van der Waals surface area (Å²) in [6, 6.07) is 4.46. The number of carbonyl (C=O) groups is 4. The first-order valence-corrected chi connectivity index (χ1v) is 12.3. The van der Waals surface area contributed by atoms with E-state index in [-0.39, 0.29) is 31.4 Å².